The zero-order valence-corrected chi connectivity index (χ0v) is 13.5. The number of nitrogens with zero attached hydrogens (tertiary/aromatic N) is 1. The Labute approximate surface area is 142 Å². The molecule has 1 amide bonds. The fourth-order valence-electron chi connectivity index (χ4n) is 2.53. The summed E-state index contributed by atoms with van der Waals surface area (Å²) in [6.07, 6.45) is 3.04. The van der Waals surface area contributed by atoms with Gasteiger partial charge in [-0.3, -0.25) is 14.9 Å². The molecule has 1 aliphatic rings. The second-order valence-corrected chi connectivity index (χ2v) is 6.05. The molecule has 24 heavy (non-hydrogen) atoms. The summed E-state index contributed by atoms with van der Waals surface area (Å²) in [6, 6.07) is 3.78. The minimum atomic E-state index is -1.53. The highest BCUT2D eigenvalue weighted by atomic mass is 35.5. The molecule has 9 heteroatoms. The molecule has 1 saturated carbocycles. The molecule has 1 aliphatic carbocycles. The number of rotatable bonds is 5. The molecule has 0 atom stereocenters. The zero-order chi connectivity index (χ0) is 17.7. The van der Waals surface area contributed by atoms with Crippen LogP contribution in [0.1, 0.15) is 32.1 Å². The Bertz CT molecular complexity index is 657. The van der Waals surface area contributed by atoms with Crippen molar-refractivity contribution >= 4 is 34.9 Å². The SMILES string of the molecule is O=C(COC(=O)C1(O)CCCCC1)Nc1ccc(Cl)c([N+](=O)[O-])c1. The number of hydrogen-bond acceptors (Lipinski definition) is 6. The topological polar surface area (TPSA) is 119 Å². The monoisotopic (exact) mass is 356 g/mol. The lowest BCUT2D eigenvalue weighted by Gasteiger charge is -2.29. The smallest absolute Gasteiger partial charge is 0.338 e. The minimum absolute atomic E-state index is 0.0519. The second kappa shape index (κ2) is 7.59. The molecule has 1 aromatic rings. The first kappa shape index (κ1) is 18.2. The van der Waals surface area contributed by atoms with Crippen LogP contribution >= 0.6 is 11.6 Å². The van der Waals surface area contributed by atoms with Crippen molar-refractivity contribution in [2.24, 2.45) is 0 Å². The summed E-state index contributed by atoms with van der Waals surface area (Å²) in [7, 11) is 0. The van der Waals surface area contributed by atoms with Crippen LogP contribution < -0.4 is 5.32 Å². The first-order chi connectivity index (χ1) is 11.3. The lowest BCUT2D eigenvalue weighted by atomic mass is 9.85. The van der Waals surface area contributed by atoms with Gasteiger partial charge in [-0.15, -0.1) is 0 Å². The number of nitro groups is 1. The van der Waals surface area contributed by atoms with Gasteiger partial charge in [0, 0.05) is 11.8 Å². The molecule has 2 rings (SSSR count). The van der Waals surface area contributed by atoms with Gasteiger partial charge in [-0.1, -0.05) is 18.0 Å². The van der Waals surface area contributed by atoms with E-state index in [1.54, 1.807) is 0 Å². The van der Waals surface area contributed by atoms with Crippen LogP contribution in [0.2, 0.25) is 5.02 Å². The fraction of sp³-hybridized carbons (Fsp3) is 0.467. The Kier molecular flexibility index (Phi) is 5.74. The standard InChI is InChI=1S/C15H17ClN2O6/c16-11-5-4-10(8-12(11)18(22)23)17-13(19)9-24-14(20)15(21)6-2-1-3-7-15/h4-5,8,21H,1-3,6-7,9H2,(H,17,19). The maximum Gasteiger partial charge on any atom is 0.338 e. The van der Waals surface area contributed by atoms with Gasteiger partial charge in [0.05, 0.1) is 4.92 Å². The van der Waals surface area contributed by atoms with Gasteiger partial charge >= 0.3 is 5.97 Å². The van der Waals surface area contributed by atoms with Gasteiger partial charge < -0.3 is 15.2 Å². The van der Waals surface area contributed by atoms with Gasteiger partial charge in [0.15, 0.2) is 12.2 Å². The van der Waals surface area contributed by atoms with Crippen LogP contribution in [-0.4, -0.2) is 34.1 Å². The van der Waals surface area contributed by atoms with Gasteiger partial charge in [0.1, 0.15) is 5.02 Å². The van der Waals surface area contributed by atoms with Crippen molar-refractivity contribution in [2.45, 2.75) is 37.7 Å². The van der Waals surface area contributed by atoms with E-state index in [2.05, 4.69) is 5.32 Å². The summed E-state index contributed by atoms with van der Waals surface area (Å²) in [5.41, 5.74) is -1.72. The molecule has 0 spiro atoms. The fourth-order valence-corrected chi connectivity index (χ4v) is 2.72. The first-order valence-corrected chi connectivity index (χ1v) is 7.83. The van der Waals surface area contributed by atoms with Crippen molar-refractivity contribution in [2.75, 3.05) is 11.9 Å². The van der Waals surface area contributed by atoms with E-state index < -0.39 is 29.0 Å². The number of anilines is 1. The highest BCUT2D eigenvalue weighted by Gasteiger charge is 2.38. The normalized spacial score (nSPS) is 16.2. The van der Waals surface area contributed by atoms with Crippen molar-refractivity contribution in [3.63, 3.8) is 0 Å². The molecule has 0 heterocycles. The molecule has 0 unspecified atom stereocenters. The Morgan fingerprint density at radius 3 is 2.62 bits per heavy atom. The number of ether oxygens (including phenoxy) is 1. The van der Waals surface area contributed by atoms with E-state index in [1.807, 2.05) is 0 Å². The van der Waals surface area contributed by atoms with E-state index in [-0.39, 0.29) is 16.4 Å². The summed E-state index contributed by atoms with van der Waals surface area (Å²) in [6.45, 7) is -0.586. The molecule has 2 N–H and O–H groups in total. The molecule has 0 aromatic heterocycles. The molecule has 1 fully saturated rings. The van der Waals surface area contributed by atoms with Crippen LogP contribution in [0, 0.1) is 10.1 Å². The molecular formula is C15H17ClN2O6. The quantitative estimate of drug-likeness (QED) is 0.475. The third-order valence-electron chi connectivity index (χ3n) is 3.82. The Hall–Kier alpha value is -2.19. The van der Waals surface area contributed by atoms with Crippen molar-refractivity contribution < 1.29 is 24.4 Å². The van der Waals surface area contributed by atoms with E-state index in [0.717, 1.165) is 25.3 Å². The second-order valence-electron chi connectivity index (χ2n) is 5.64. The zero-order valence-electron chi connectivity index (χ0n) is 12.8. The van der Waals surface area contributed by atoms with Gasteiger partial charge in [0.2, 0.25) is 0 Å². The number of carbonyl (C=O) groups excluding carboxylic acids is 2. The average molecular weight is 357 g/mol. The molecule has 0 radical (unpaired) electrons. The average Bonchev–Trinajstić information content (AvgIpc) is 2.54. The third-order valence-corrected chi connectivity index (χ3v) is 4.14. The van der Waals surface area contributed by atoms with Crippen molar-refractivity contribution in [1.82, 2.24) is 0 Å². The lowest BCUT2D eigenvalue weighted by molar-refractivity contribution is -0.384. The van der Waals surface area contributed by atoms with Crippen LogP contribution in [0.5, 0.6) is 0 Å². The van der Waals surface area contributed by atoms with Crippen molar-refractivity contribution in [1.29, 1.82) is 0 Å². The van der Waals surface area contributed by atoms with Crippen LogP contribution in [-0.2, 0) is 14.3 Å². The first-order valence-electron chi connectivity index (χ1n) is 7.45. The Morgan fingerprint density at radius 2 is 2.00 bits per heavy atom. The van der Waals surface area contributed by atoms with Crippen LogP contribution in [0.25, 0.3) is 0 Å². The summed E-state index contributed by atoms with van der Waals surface area (Å²) in [5.74, 6) is -1.49. The van der Waals surface area contributed by atoms with Crippen molar-refractivity contribution in [3.8, 4) is 0 Å². The van der Waals surface area contributed by atoms with E-state index in [0.29, 0.717) is 12.8 Å². The molecule has 0 aliphatic heterocycles. The summed E-state index contributed by atoms with van der Waals surface area (Å²) < 4.78 is 4.86. The van der Waals surface area contributed by atoms with Crippen LogP contribution in [0.15, 0.2) is 18.2 Å². The molecule has 130 valence electrons. The molecule has 0 bridgehead atoms. The number of amides is 1. The number of nitrogens with one attached hydrogen (secondary N) is 1. The van der Waals surface area contributed by atoms with Gasteiger partial charge in [-0.2, -0.15) is 0 Å². The lowest BCUT2D eigenvalue weighted by Crippen LogP contribution is -2.42. The van der Waals surface area contributed by atoms with E-state index >= 15 is 0 Å². The number of nitro benzene ring substituents is 1. The summed E-state index contributed by atoms with van der Waals surface area (Å²) >= 11 is 5.68. The van der Waals surface area contributed by atoms with Crippen LogP contribution in [0.3, 0.4) is 0 Å². The highest BCUT2D eigenvalue weighted by Crippen LogP contribution is 2.29. The summed E-state index contributed by atoms with van der Waals surface area (Å²) in [4.78, 5) is 33.8. The van der Waals surface area contributed by atoms with Gasteiger partial charge in [-0.25, -0.2) is 4.79 Å². The van der Waals surface area contributed by atoms with Gasteiger partial charge in [-0.05, 0) is 37.8 Å². The van der Waals surface area contributed by atoms with Crippen LogP contribution in [0.4, 0.5) is 11.4 Å². The largest absolute Gasteiger partial charge is 0.453 e. The highest BCUT2D eigenvalue weighted by molar-refractivity contribution is 6.32. The maximum atomic E-state index is 11.9. The van der Waals surface area contributed by atoms with E-state index in [4.69, 9.17) is 16.3 Å². The van der Waals surface area contributed by atoms with Crippen molar-refractivity contribution in [3.05, 3.63) is 33.3 Å². The Morgan fingerprint density at radius 1 is 1.33 bits per heavy atom. The molecule has 8 nitrogen and oxygen atoms in total. The molecule has 0 saturated heterocycles. The molecule has 1 aromatic carbocycles. The number of esters is 1. The van der Waals surface area contributed by atoms with E-state index in [9.17, 15) is 24.8 Å². The predicted molar refractivity (Wildman–Crippen MR) is 85.7 cm³/mol. The number of hydrogen-bond donors (Lipinski definition) is 2. The summed E-state index contributed by atoms with van der Waals surface area (Å²) in [5, 5.41) is 23.3. The number of halogens is 1. The molecular weight excluding hydrogens is 340 g/mol. The van der Waals surface area contributed by atoms with E-state index in [1.165, 1.54) is 12.1 Å². The minimum Gasteiger partial charge on any atom is -0.453 e. The number of carbonyl (C=O) groups is 2. The predicted octanol–water partition coefficient (Wildman–Crippen LogP) is 2.43. The Balaban J connectivity index is 1.90. The third kappa shape index (κ3) is 4.42. The van der Waals surface area contributed by atoms with Gasteiger partial charge in [0.25, 0.3) is 11.6 Å². The number of benzene rings is 1. The maximum absolute atomic E-state index is 11.9. The number of aliphatic hydroxyl groups is 1.